The molecule has 32 heavy (non-hydrogen) atoms. The monoisotopic (exact) mass is 473 g/mol. The maximum Gasteiger partial charge on any atom is 0.273 e. The number of hydrogen-bond acceptors (Lipinski definition) is 6. The number of benzene rings is 2. The largest absolute Gasteiger partial charge is 0.493 e. The second kappa shape index (κ2) is 10.5. The van der Waals surface area contributed by atoms with E-state index >= 15 is 0 Å². The van der Waals surface area contributed by atoms with E-state index < -0.39 is 0 Å². The smallest absolute Gasteiger partial charge is 0.273 e. The minimum absolute atomic E-state index is 0.0928. The van der Waals surface area contributed by atoms with E-state index in [4.69, 9.17) is 21.1 Å². The molecule has 2 aromatic carbocycles. The van der Waals surface area contributed by atoms with Gasteiger partial charge >= 0.3 is 0 Å². The molecule has 0 aliphatic rings. The normalized spacial score (nSPS) is 10.5. The Morgan fingerprint density at radius 2 is 1.88 bits per heavy atom. The summed E-state index contributed by atoms with van der Waals surface area (Å²) >= 11 is 7.36. The predicted octanol–water partition coefficient (Wildman–Crippen LogP) is 4.89. The van der Waals surface area contributed by atoms with Gasteiger partial charge in [0.2, 0.25) is 5.91 Å². The van der Waals surface area contributed by atoms with E-state index in [1.807, 2.05) is 32.0 Å². The Bertz CT molecular complexity index is 1130. The van der Waals surface area contributed by atoms with Crippen molar-refractivity contribution < 1.29 is 19.1 Å². The predicted molar refractivity (Wildman–Crippen MR) is 127 cm³/mol. The number of anilines is 1. The van der Waals surface area contributed by atoms with Gasteiger partial charge in [-0.25, -0.2) is 4.98 Å². The fourth-order valence-electron chi connectivity index (χ4n) is 3.05. The van der Waals surface area contributed by atoms with E-state index in [0.717, 1.165) is 11.1 Å². The molecule has 9 heteroatoms. The average molecular weight is 474 g/mol. The van der Waals surface area contributed by atoms with Gasteiger partial charge in [0, 0.05) is 28.2 Å². The van der Waals surface area contributed by atoms with Gasteiger partial charge in [-0.1, -0.05) is 17.7 Å². The van der Waals surface area contributed by atoms with Crippen molar-refractivity contribution in [2.45, 2.75) is 13.8 Å². The van der Waals surface area contributed by atoms with Crippen LogP contribution in [0, 0.1) is 6.92 Å². The van der Waals surface area contributed by atoms with Crippen molar-refractivity contribution in [2.24, 2.45) is 0 Å². The Morgan fingerprint density at radius 3 is 2.56 bits per heavy atom. The van der Waals surface area contributed by atoms with Crippen LogP contribution in [0.2, 0.25) is 5.02 Å². The molecule has 3 aromatic rings. The molecule has 0 saturated carbocycles. The number of hydrogen-bond donors (Lipinski definition) is 1. The first-order valence-corrected chi connectivity index (χ1v) is 11.1. The number of ether oxygens (including phenoxy) is 2. The summed E-state index contributed by atoms with van der Waals surface area (Å²) in [6, 6.07) is 10.7. The lowest BCUT2D eigenvalue weighted by Crippen LogP contribution is -2.38. The van der Waals surface area contributed by atoms with Crippen LogP contribution in [0.25, 0.3) is 10.6 Å². The van der Waals surface area contributed by atoms with Crippen LogP contribution in [0.15, 0.2) is 41.8 Å². The third kappa shape index (κ3) is 5.38. The molecule has 0 aliphatic heterocycles. The molecule has 0 radical (unpaired) electrons. The highest BCUT2D eigenvalue weighted by atomic mass is 35.5. The number of nitrogens with zero attached hydrogens (tertiary/aromatic N) is 2. The van der Waals surface area contributed by atoms with Crippen LogP contribution >= 0.6 is 22.9 Å². The molecule has 0 saturated heterocycles. The zero-order valence-corrected chi connectivity index (χ0v) is 19.8. The van der Waals surface area contributed by atoms with E-state index in [-0.39, 0.29) is 24.1 Å². The first kappa shape index (κ1) is 23.6. The highest BCUT2D eigenvalue weighted by Gasteiger charge is 2.21. The lowest BCUT2D eigenvalue weighted by atomic mass is 10.2. The van der Waals surface area contributed by atoms with Crippen molar-refractivity contribution in [1.29, 1.82) is 0 Å². The van der Waals surface area contributed by atoms with Gasteiger partial charge < -0.3 is 19.7 Å². The molecule has 0 fully saturated rings. The van der Waals surface area contributed by atoms with Crippen molar-refractivity contribution in [3.8, 4) is 22.1 Å². The molecule has 3 rings (SSSR count). The highest BCUT2D eigenvalue weighted by molar-refractivity contribution is 7.13. The summed E-state index contributed by atoms with van der Waals surface area (Å²) in [6.07, 6.45) is 0. The fourth-order valence-corrected chi connectivity index (χ4v) is 4.02. The number of nitrogens with one attached hydrogen (secondary N) is 1. The maximum absolute atomic E-state index is 13.0. The van der Waals surface area contributed by atoms with Crippen molar-refractivity contribution >= 4 is 40.4 Å². The number of rotatable bonds is 8. The minimum Gasteiger partial charge on any atom is -0.493 e. The number of carbonyl (C=O) groups excluding carboxylic acids is 2. The van der Waals surface area contributed by atoms with Crippen LogP contribution in [-0.4, -0.2) is 49.0 Å². The molecule has 0 atom stereocenters. The van der Waals surface area contributed by atoms with E-state index in [2.05, 4.69) is 10.3 Å². The summed E-state index contributed by atoms with van der Waals surface area (Å²) < 4.78 is 10.6. The molecule has 0 unspecified atom stereocenters. The highest BCUT2D eigenvalue weighted by Crippen LogP contribution is 2.33. The molecule has 7 nitrogen and oxygen atoms in total. The van der Waals surface area contributed by atoms with Crippen LogP contribution in [-0.2, 0) is 4.79 Å². The van der Waals surface area contributed by atoms with Crippen molar-refractivity contribution in [1.82, 2.24) is 9.88 Å². The standard InChI is InChI=1S/C23H24ClN3O4S/c1-5-27(12-21(28)25-17-11-16(24)8-6-14(17)2)23(29)18-13-32-22(26-18)15-7-9-19(30-3)20(10-15)31-4/h6-11,13H,5,12H2,1-4H3,(H,25,28). The summed E-state index contributed by atoms with van der Waals surface area (Å²) in [6.45, 7) is 3.96. The summed E-state index contributed by atoms with van der Waals surface area (Å²) in [4.78, 5) is 31.5. The van der Waals surface area contributed by atoms with Crippen molar-refractivity contribution in [2.75, 3.05) is 32.6 Å². The van der Waals surface area contributed by atoms with Gasteiger partial charge in [-0.15, -0.1) is 11.3 Å². The molecule has 2 amide bonds. The number of aryl methyl sites for hydroxylation is 1. The van der Waals surface area contributed by atoms with Crippen LogP contribution in [0.1, 0.15) is 23.0 Å². The summed E-state index contributed by atoms with van der Waals surface area (Å²) in [7, 11) is 3.13. The second-order valence-electron chi connectivity index (χ2n) is 6.93. The third-order valence-corrected chi connectivity index (χ3v) is 5.96. The maximum atomic E-state index is 13.0. The van der Waals surface area contributed by atoms with Gasteiger partial charge in [-0.2, -0.15) is 0 Å². The van der Waals surface area contributed by atoms with Gasteiger partial charge in [0.05, 0.1) is 14.2 Å². The lowest BCUT2D eigenvalue weighted by Gasteiger charge is -2.19. The number of likely N-dealkylation sites (N-methyl/N-ethyl adjacent to an activating group) is 1. The molecule has 1 N–H and O–H groups in total. The van der Waals surface area contributed by atoms with Crippen LogP contribution in [0.5, 0.6) is 11.5 Å². The molecule has 0 aliphatic carbocycles. The van der Waals surface area contributed by atoms with Gasteiger partial charge in [0.15, 0.2) is 11.5 Å². The molecular weight excluding hydrogens is 450 g/mol. The lowest BCUT2D eigenvalue weighted by molar-refractivity contribution is -0.116. The van der Waals surface area contributed by atoms with Gasteiger partial charge in [0.25, 0.3) is 5.91 Å². The minimum atomic E-state index is -0.312. The zero-order valence-electron chi connectivity index (χ0n) is 18.3. The fraction of sp³-hybridized carbons (Fsp3) is 0.261. The van der Waals surface area contributed by atoms with Crippen molar-refractivity contribution in [3.63, 3.8) is 0 Å². The average Bonchev–Trinajstić information content (AvgIpc) is 3.29. The number of thiazole rings is 1. The van der Waals surface area contributed by atoms with Crippen LogP contribution in [0.3, 0.4) is 0 Å². The first-order valence-electron chi connectivity index (χ1n) is 9.89. The molecule has 0 bridgehead atoms. The van der Waals surface area contributed by atoms with Gasteiger partial charge in [-0.3, -0.25) is 9.59 Å². The Hall–Kier alpha value is -3.10. The number of methoxy groups -OCH3 is 2. The second-order valence-corrected chi connectivity index (χ2v) is 8.23. The van der Waals surface area contributed by atoms with E-state index in [1.54, 1.807) is 37.8 Å². The third-order valence-electron chi connectivity index (χ3n) is 4.83. The summed E-state index contributed by atoms with van der Waals surface area (Å²) in [5, 5.41) is 5.70. The molecule has 0 spiro atoms. The SMILES string of the molecule is CCN(CC(=O)Nc1cc(Cl)ccc1C)C(=O)c1csc(-c2ccc(OC)c(OC)c2)n1. The Morgan fingerprint density at radius 1 is 1.12 bits per heavy atom. The Balaban J connectivity index is 1.73. The first-order chi connectivity index (χ1) is 15.4. The van der Waals surface area contributed by atoms with Crippen LogP contribution < -0.4 is 14.8 Å². The Labute approximate surface area is 195 Å². The molecule has 1 heterocycles. The van der Waals surface area contributed by atoms with Gasteiger partial charge in [-0.05, 0) is 49.7 Å². The van der Waals surface area contributed by atoms with Gasteiger partial charge in [0.1, 0.15) is 17.2 Å². The van der Waals surface area contributed by atoms with E-state index in [9.17, 15) is 9.59 Å². The Kier molecular flexibility index (Phi) is 7.71. The molecule has 1 aromatic heterocycles. The van der Waals surface area contributed by atoms with E-state index in [0.29, 0.717) is 33.8 Å². The zero-order chi connectivity index (χ0) is 23.3. The number of aromatic nitrogens is 1. The summed E-state index contributed by atoms with van der Waals surface area (Å²) in [5.74, 6) is 0.577. The van der Waals surface area contributed by atoms with E-state index in [1.165, 1.54) is 16.2 Å². The number of halogens is 1. The molecule has 168 valence electrons. The topological polar surface area (TPSA) is 80.8 Å². The number of amides is 2. The quantitative estimate of drug-likeness (QED) is 0.503. The molecular formula is C23H24ClN3O4S. The van der Waals surface area contributed by atoms with Crippen molar-refractivity contribution in [3.05, 3.63) is 58.1 Å². The summed E-state index contributed by atoms with van der Waals surface area (Å²) in [5.41, 5.74) is 2.60. The van der Waals surface area contributed by atoms with Crippen LogP contribution in [0.4, 0.5) is 5.69 Å². The number of carbonyl (C=O) groups is 2.